The van der Waals surface area contributed by atoms with Crippen molar-refractivity contribution >= 4 is 24.0 Å². The second-order valence-electron chi connectivity index (χ2n) is 5.61. The molecule has 0 aliphatic carbocycles. The number of hydrogen-bond acceptors (Lipinski definition) is 1. The van der Waals surface area contributed by atoms with Crippen LogP contribution >= 0.6 is 0 Å². The predicted molar refractivity (Wildman–Crippen MR) is 120 cm³/mol. The first kappa shape index (κ1) is 21.6. The van der Waals surface area contributed by atoms with Gasteiger partial charge in [0.1, 0.15) is 0 Å². The molecule has 0 fully saturated rings. The maximum atomic E-state index is 10.6. The fraction of sp³-hybridized carbons (Fsp3) is 0.0385. The summed E-state index contributed by atoms with van der Waals surface area (Å²) in [6.07, 6.45) is 5.49. The lowest BCUT2D eigenvalue weighted by molar-refractivity contribution is 0.101. The van der Waals surface area contributed by atoms with E-state index in [1.807, 2.05) is 103 Å². The van der Waals surface area contributed by atoms with Gasteiger partial charge in [-0.3, -0.25) is 4.79 Å². The zero-order chi connectivity index (χ0) is 19.9. The Hall–Kier alpha value is -3.45. The molecule has 27 heavy (non-hydrogen) atoms. The van der Waals surface area contributed by atoms with Crippen molar-refractivity contribution in [1.29, 1.82) is 0 Å². The average molecular weight is 354 g/mol. The quantitative estimate of drug-likeness (QED) is 0.453. The monoisotopic (exact) mass is 354 g/mol. The molecule has 0 aliphatic rings. The Balaban J connectivity index is 0.000000204. The molecule has 0 atom stereocenters. The average Bonchev–Trinajstić information content (AvgIpc) is 2.76. The van der Waals surface area contributed by atoms with Crippen molar-refractivity contribution in [2.75, 3.05) is 0 Å². The molecule has 0 aliphatic heterocycles. The summed E-state index contributed by atoms with van der Waals surface area (Å²) < 4.78 is 0. The van der Waals surface area contributed by atoms with Crippen LogP contribution in [0.1, 0.15) is 34.0 Å². The number of carbonyl (C=O) groups is 1. The maximum Gasteiger partial charge on any atom is 0.159 e. The van der Waals surface area contributed by atoms with Crippen molar-refractivity contribution in [3.63, 3.8) is 0 Å². The highest BCUT2D eigenvalue weighted by molar-refractivity contribution is 5.93. The minimum absolute atomic E-state index is 0.121. The third-order valence-electron chi connectivity index (χ3n) is 3.62. The molecular formula is C26H26O. The number of rotatable bonds is 4. The van der Waals surface area contributed by atoms with Gasteiger partial charge in [0, 0.05) is 5.56 Å². The Bertz CT molecular complexity index is 801. The largest absolute Gasteiger partial charge is 0.295 e. The number of Topliss-reactive ketones (excluding diaryl/α,β-unsaturated/α-hetero) is 1. The molecule has 0 saturated heterocycles. The Morgan fingerprint density at radius 1 is 0.593 bits per heavy atom. The summed E-state index contributed by atoms with van der Waals surface area (Å²) in [4.78, 5) is 10.6. The molecule has 0 amide bonds. The Morgan fingerprint density at radius 3 is 1.19 bits per heavy atom. The highest BCUT2D eigenvalue weighted by Gasteiger charge is 1.92. The highest BCUT2D eigenvalue weighted by Crippen LogP contribution is 2.05. The summed E-state index contributed by atoms with van der Waals surface area (Å²) in [6, 6.07) is 27.3. The molecule has 3 rings (SSSR count). The lowest BCUT2D eigenvalue weighted by Crippen LogP contribution is -1.88. The second kappa shape index (κ2) is 12.8. The van der Waals surface area contributed by atoms with Crippen LogP contribution < -0.4 is 0 Å². The molecular weight excluding hydrogens is 328 g/mol. The summed E-state index contributed by atoms with van der Waals surface area (Å²) in [5.74, 6) is 0.121. The molecule has 0 aromatic heterocycles. The van der Waals surface area contributed by atoms with E-state index in [1.165, 1.54) is 5.56 Å². The van der Waals surface area contributed by atoms with Gasteiger partial charge < -0.3 is 0 Å². The van der Waals surface area contributed by atoms with E-state index >= 15 is 0 Å². The van der Waals surface area contributed by atoms with E-state index in [2.05, 4.69) is 19.7 Å². The van der Waals surface area contributed by atoms with Gasteiger partial charge in [0.15, 0.2) is 5.78 Å². The van der Waals surface area contributed by atoms with Crippen LogP contribution in [-0.2, 0) is 0 Å². The molecule has 136 valence electrons. The van der Waals surface area contributed by atoms with Crippen LogP contribution in [0.5, 0.6) is 0 Å². The molecule has 3 aromatic rings. The summed E-state index contributed by atoms with van der Waals surface area (Å²) >= 11 is 0. The van der Waals surface area contributed by atoms with Crippen LogP contribution in [0, 0.1) is 0 Å². The number of benzene rings is 3. The van der Waals surface area contributed by atoms with Crippen LogP contribution in [-0.4, -0.2) is 5.78 Å². The fourth-order valence-corrected chi connectivity index (χ4v) is 2.03. The predicted octanol–water partition coefficient (Wildman–Crippen LogP) is 7.19. The van der Waals surface area contributed by atoms with Crippen molar-refractivity contribution in [3.8, 4) is 0 Å². The number of hydrogen-bond donors (Lipinski definition) is 0. The van der Waals surface area contributed by atoms with Gasteiger partial charge >= 0.3 is 0 Å². The molecule has 0 unspecified atom stereocenters. The molecule has 0 bridgehead atoms. The first-order valence-corrected chi connectivity index (χ1v) is 8.69. The Kier molecular flexibility index (Phi) is 10.3. The fourth-order valence-electron chi connectivity index (χ4n) is 2.03. The summed E-state index contributed by atoms with van der Waals surface area (Å²) in [6.45, 7) is 12.5. The van der Waals surface area contributed by atoms with Gasteiger partial charge in [0.05, 0.1) is 0 Å². The van der Waals surface area contributed by atoms with Gasteiger partial charge in [-0.25, -0.2) is 0 Å². The Labute approximate surface area is 163 Å². The molecule has 1 nitrogen and oxygen atoms in total. The first-order chi connectivity index (χ1) is 13.1. The van der Waals surface area contributed by atoms with Crippen molar-refractivity contribution < 1.29 is 4.79 Å². The molecule has 1 heteroatoms. The third kappa shape index (κ3) is 8.99. The lowest BCUT2D eigenvalue weighted by atomic mass is 10.1. The standard InChI is InChI=1S/C10H10.C8H8O.C8H8/c1-3-9-5-7-10(4-2)8-6-9;1-7(9)8-5-3-2-4-6-8;1-2-8-6-4-3-5-7-8/h3-8H,1-2H2;2-6H,1H3;2-7H,1H2. The van der Waals surface area contributed by atoms with E-state index in [9.17, 15) is 4.79 Å². The molecule has 3 aromatic carbocycles. The van der Waals surface area contributed by atoms with E-state index in [4.69, 9.17) is 0 Å². The van der Waals surface area contributed by atoms with E-state index in [1.54, 1.807) is 6.92 Å². The Morgan fingerprint density at radius 2 is 0.926 bits per heavy atom. The van der Waals surface area contributed by atoms with Crippen LogP contribution in [0.25, 0.3) is 18.2 Å². The van der Waals surface area contributed by atoms with E-state index in [-0.39, 0.29) is 5.78 Å². The van der Waals surface area contributed by atoms with Gasteiger partial charge in [-0.15, -0.1) is 0 Å². The molecule has 0 spiro atoms. The van der Waals surface area contributed by atoms with Crippen molar-refractivity contribution in [1.82, 2.24) is 0 Å². The van der Waals surface area contributed by atoms with Gasteiger partial charge in [0.2, 0.25) is 0 Å². The lowest BCUT2D eigenvalue weighted by Gasteiger charge is -1.92. The van der Waals surface area contributed by atoms with Crippen LogP contribution in [0.2, 0.25) is 0 Å². The number of carbonyl (C=O) groups excluding carboxylic acids is 1. The molecule has 0 radical (unpaired) electrons. The van der Waals surface area contributed by atoms with Gasteiger partial charge in [-0.05, 0) is 23.6 Å². The van der Waals surface area contributed by atoms with E-state index in [0.717, 1.165) is 16.7 Å². The van der Waals surface area contributed by atoms with Crippen LogP contribution in [0.15, 0.2) is 105 Å². The zero-order valence-corrected chi connectivity index (χ0v) is 15.8. The normalized spacial score (nSPS) is 8.78. The minimum Gasteiger partial charge on any atom is -0.295 e. The minimum atomic E-state index is 0.121. The van der Waals surface area contributed by atoms with Crippen LogP contribution in [0.4, 0.5) is 0 Å². The van der Waals surface area contributed by atoms with Gasteiger partial charge in [-0.1, -0.05) is 123 Å². The summed E-state index contributed by atoms with van der Waals surface area (Å²) in [5, 5.41) is 0. The van der Waals surface area contributed by atoms with Crippen molar-refractivity contribution in [2.24, 2.45) is 0 Å². The number of ketones is 1. The highest BCUT2D eigenvalue weighted by atomic mass is 16.1. The topological polar surface area (TPSA) is 17.1 Å². The van der Waals surface area contributed by atoms with Gasteiger partial charge in [0.25, 0.3) is 0 Å². The summed E-state index contributed by atoms with van der Waals surface area (Å²) in [7, 11) is 0. The third-order valence-corrected chi connectivity index (χ3v) is 3.62. The zero-order valence-electron chi connectivity index (χ0n) is 15.8. The smallest absolute Gasteiger partial charge is 0.159 e. The molecule has 0 N–H and O–H groups in total. The van der Waals surface area contributed by atoms with Crippen molar-refractivity contribution in [3.05, 3.63) is 127 Å². The van der Waals surface area contributed by atoms with Gasteiger partial charge in [-0.2, -0.15) is 0 Å². The molecule has 0 heterocycles. The van der Waals surface area contributed by atoms with E-state index < -0.39 is 0 Å². The first-order valence-electron chi connectivity index (χ1n) is 8.69. The van der Waals surface area contributed by atoms with E-state index in [0.29, 0.717) is 0 Å². The maximum absolute atomic E-state index is 10.6. The SMILES string of the molecule is C=Cc1ccc(C=C)cc1.C=Cc1ccccc1.CC(=O)c1ccccc1. The second-order valence-corrected chi connectivity index (χ2v) is 5.61. The van der Waals surface area contributed by atoms with Crippen LogP contribution in [0.3, 0.4) is 0 Å². The van der Waals surface area contributed by atoms with Crippen molar-refractivity contribution in [2.45, 2.75) is 6.92 Å². The molecule has 0 saturated carbocycles. The summed E-state index contributed by atoms with van der Waals surface area (Å²) in [5.41, 5.74) is 4.24.